The minimum absolute atomic E-state index is 0.00741. The van der Waals surface area contributed by atoms with Gasteiger partial charge in [-0.3, -0.25) is 9.69 Å². The fraction of sp³-hybridized carbons (Fsp3) is 0.484. The van der Waals surface area contributed by atoms with Crippen molar-refractivity contribution < 1.29 is 37.4 Å². The molecule has 2 fully saturated rings. The molecule has 2 aromatic heterocycles. The van der Waals surface area contributed by atoms with Gasteiger partial charge in [0.25, 0.3) is 5.91 Å². The fourth-order valence-electron chi connectivity index (χ4n) is 6.03. The summed E-state index contributed by atoms with van der Waals surface area (Å²) in [6.07, 6.45) is 8.73. The lowest BCUT2D eigenvalue weighted by Gasteiger charge is -2.32. The Kier molecular flexibility index (Phi) is 8.84. The monoisotopic (exact) mass is 580 g/mol. The number of hydrogen-bond donors (Lipinski definition) is 1. The van der Waals surface area contributed by atoms with Crippen LogP contribution in [0.5, 0.6) is 5.75 Å². The van der Waals surface area contributed by atoms with E-state index in [1.54, 1.807) is 18.2 Å². The lowest BCUT2D eigenvalue weighted by Crippen LogP contribution is -2.44. The van der Waals surface area contributed by atoms with Crippen molar-refractivity contribution in [3.8, 4) is 5.75 Å². The first-order chi connectivity index (χ1) is 20.4. The van der Waals surface area contributed by atoms with Crippen LogP contribution in [0.4, 0.5) is 11.8 Å². The summed E-state index contributed by atoms with van der Waals surface area (Å²) in [4.78, 5) is 55.3. The number of nitrogens with zero attached hydrogens (tertiary/aromatic N) is 1. The highest BCUT2D eigenvalue weighted by molar-refractivity contribution is 6.14. The van der Waals surface area contributed by atoms with Crippen LogP contribution in [0, 0.1) is 0 Å². The van der Waals surface area contributed by atoms with Crippen LogP contribution in [0.25, 0.3) is 11.0 Å². The van der Waals surface area contributed by atoms with Crippen LogP contribution in [0.3, 0.4) is 0 Å². The standard InChI is InChI=1S/C31H36N2O9/c1-38-22-16-10-11-18-17-21(29(35)41-25(18)22)27(34)33(20-14-8-5-9-15-20)28-24(31(37)40-3)23(30(36)39-2)26(42-28)32-19-12-6-4-7-13-19/h10-11,16-17,19-20,32H,4-9,12-15H2,1-3H3. The number of furan rings is 1. The van der Waals surface area contributed by atoms with Gasteiger partial charge >= 0.3 is 17.6 Å². The van der Waals surface area contributed by atoms with Crippen molar-refractivity contribution in [1.29, 1.82) is 0 Å². The van der Waals surface area contributed by atoms with Gasteiger partial charge in [0.15, 0.2) is 11.3 Å². The van der Waals surface area contributed by atoms with Gasteiger partial charge in [0, 0.05) is 17.5 Å². The number of benzene rings is 1. The van der Waals surface area contributed by atoms with Crippen LogP contribution in [-0.2, 0) is 9.47 Å². The molecule has 3 aromatic rings. The van der Waals surface area contributed by atoms with Crippen LogP contribution < -0.4 is 20.6 Å². The molecular formula is C31H36N2O9. The number of para-hydroxylation sites is 1. The number of esters is 2. The molecule has 11 nitrogen and oxygen atoms in total. The van der Waals surface area contributed by atoms with E-state index in [0.717, 1.165) is 51.4 Å². The molecule has 11 heteroatoms. The lowest BCUT2D eigenvalue weighted by atomic mass is 9.93. The van der Waals surface area contributed by atoms with E-state index in [0.29, 0.717) is 24.0 Å². The Morgan fingerprint density at radius 3 is 2.14 bits per heavy atom. The number of amides is 1. The molecule has 1 aromatic carbocycles. The predicted molar refractivity (Wildman–Crippen MR) is 155 cm³/mol. The Morgan fingerprint density at radius 2 is 1.50 bits per heavy atom. The van der Waals surface area contributed by atoms with E-state index in [1.165, 1.54) is 32.3 Å². The number of hydrogen-bond acceptors (Lipinski definition) is 10. The second-order valence-corrected chi connectivity index (χ2v) is 10.7. The molecule has 0 aliphatic heterocycles. The first-order valence-corrected chi connectivity index (χ1v) is 14.4. The summed E-state index contributed by atoms with van der Waals surface area (Å²) in [5, 5.41) is 3.77. The average Bonchev–Trinajstić information content (AvgIpc) is 3.38. The Bertz CT molecular complexity index is 1530. The van der Waals surface area contributed by atoms with Crippen molar-refractivity contribution in [2.24, 2.45) is 0 Å². The number of anilines is 2. The Hall–Kier alpha value is -4.28. The molecule has 0 saturated heterocycles. The number of fused-ring (bicyclic) bond motifs is 1. The fourth-order valence-corrected chi connectivity index (χ4v) is 6.03. The van der Waals surface area contributed by atoms with Crippen molar-refractivity contribution in [1.82, 2.24) is 0 Å². The topological polar surface area (TPSA) is 138 Å². The highest BCUT2D eigenvalue weighted by Crippen LogP contribution is 2.40. The second-order valence-electron chi connectivity index (χ2n) is 10.7. The number of nitrogens with one attached hydrogen (secondary N) is 1. The van der Waals surface area contributed by atoms with E-state index in [9.17, 15) is 19.2 Å². The SMILES string of the molecule is COC(=O)c1c(NC2CCCCC2)oc(N(C(=O)c2cc3cccc(OC)c3oc2=O)C2CCCCC2)c1C(=O)OC. The minimum atomic E-state index is -0.866. The van der Waals surface area contributed by atoms with E-state index in [2.05, 4.69) is 5.32 Å². The molecule has 42 heavy (non-hydrogen) atoms. The van der Waals surface area contributed by atoms with Gasteiger partial charge in [-0.1, -0.05) is 50.7 Å². The molecule has 2 heterocycles. The zero-order chi connectivity index (χ0) is 29.8. The lowest BCUT2D eigenvalue weighted by molar-refractivity contribution is 0.0557. The summed E-state index contributed by atoms with van der Waals surface area (Å²) in [6.45, 7) is 0. The van der Waals surface area contributed by atoms with Crippen LogP contribution >= 0.6 is 0 Å². The van der Waals surface area contributed by atoms with Gasteiger partial charge in [0.05, 0.1) is 21.3 Å². The number of ether oxygens (including phenoxy) is 3. The summed E-state index contributed by atoms with van der Waals surface area (Å²) in [7, 11) is 3.85. The van der Waals surface area contributed by atoms with Gasteiger partial charge in [-0.05, 0) is 37.8 Å². The molecule has 224 valence electrons. The third kappa shape index (κ3) is 5.60. The largest absolute Gasteiger partial charge is 0.493 e. The second kappa shape index (κ2) is 12.7. The molecule has 5 rings (SSSR count). The highest BCUT2D eigenvalue weighted by Gasteiger charge is 2.41. The number of carbonyl (C=O) groups excluding carboxylic acids is 3. The smallest absolute Gasteiger partial charge is 0.349 e. The van der Waals surface area contributed by atoms with Gasteiger partial charge < -0.3 is 28.4 Å². The van der Waals surface area contributed by atoms with Gasteiger partial charge in [-0.25, -0.2) is 14.4 Å². The molecule has 1 amide bonds. The number of carbonyl (C=O) groups is 3. The van der Waals surface area contributed by atoms with Crippen molar-refractivity contribution in [2.45, 2.75) is 76.3 Å². The van der Waals surface area contributed by atoms with Gasteiger partial charge in [0.2, 0.25) is 11.8 Å². The van der Waals surface area contributed by atoms with Crippen LogP contribution in [0.15, 0.2) is 37.9 Å². The summed E-state index contributed by atoms with van der Waals surface area (Å²) >= 11 is 0. The molecule has 1 N–H and O–H groups in total. The highest BCUT2D eigenvalue weighted by atomic mass is 16.5. The maximum Gasteiger partial charge on any atom is 0.349 e. The third-order valence-corrected chi connectivity index (χ3v) is 8.16. The average molecular weight is 581 g/mol. The minimum Gasteiger partial charge on any atom is -0.493 e. The molecule has 0 atom stereocenters. The Morgan fingerprint density at radius 1 is 0.857 bits per heavy atom. The molecule has 0 unspecified atom stereocenters. The van der Waals surface area contributed by atoms with Crippen LogP contribution in [0.2, 0.25) is 0 Å². The zero-order valence-electron chi connectivity index (χ0n) is 24.2. The summed E-state index contributed by atoms with van der Waals surface area (Å²) < 4.78 is 27.3. The van der Waals surface area contributed by atoms with E-state index >= 15 is 0 Å². The van der Waals surface area contributed by atoms with Crippen molar-refractivity contribution in [3.63, 3.8) is 0 Å². The van der Waals surface area contributed by atoms with E-state index in [-0.39, 0.29) is 40.1 Å². The summed E-state index contributed by atoms with van der Waals surface area (Å²) in [5.41, 5.74) is -1.26. The molecular weight excluding hydrogens is 544 g/mol. The Balaban J connectivity index is 1.69. The van der Waals surface area contributed by atoms with Crippen LogP contribution in [-0.4, -0.2) is 51.3 Å². The maximum absolute atomic E-state index is 14.4. The number of rotatable bonds is 8. The predicted octanol–water partition coefficient (Wildman–Crippen LogP) is 5.69. The zero-order valence-corrected chi connectivity index (χ0v) is 24.2. The maximum atomic E-state index is 14.4. The molecule has 2 aliphatic carbocycles. The van der Waals surface area contributed by atoms with E-state index in [4.69, 9.17) is 23.0 Å². The van der Waals surface area contributed by atoms with Crippen LogP contribution in [0.1, 0.15) is 95.3 Å². The normalized spacial score (nSPS) is 16.2. The quantitative estimate of drug-likeness (QED) is 0.261. The summed E-state index contributed by atoms with van der Waals surface area (Å²) in [6, 6.07) is 6.13. The van der Waals surface area contributed by atoms with E-state index < -0.39 is 29.5 Å². The van der Waals surface area contributed by atoms with Gasteiger partial charge in [-0.15, -0.1) is 0 Å². The molecule has 0 radical (unpaired) electrons. The van der Waals surface area contributed by atoms with E-state index in [1.807, 2.05) is 0 Å². The third-order valence-electron chi connectivity index (χ3n) is 8.16. The van der Waals surface area contributed by atoms with Gasteiger partial charge in [-0.2, -0.15) is 0 Å². The Labute approximate surface area is 243 Å². The van der Waals surface area contributed by atoms with Gasteiger partial charge in [0.1, 0.15) is 16.7 Å². The molecule has 2 saturated carbocycles. The molecule has 0 spiro atoms. The number of methoxy groups -OCH3 is 3. The summed E-state index contributed by atoms with van der Waals surface area (Å²) in [5.74, 6) is -2.16. The molecule has 2 aliphatic rings. The first-order valence-electron chi connectivity index (χ1n) is 14.4. The van der Waals surface area contributed by atoms with Crippen molar-refractivity contribution in [2.75, 3.05) is 31.5 Å². The first kappa shape index (κ1) is 29.2. The van der Waals surface area contributed by atoms with Crippen molar-refractivity contribution in [3.05, 3.63) is 51.4 Å². The molecule has 0 bridgehead atoms. The van der Waals surface area contributed by atoms with Crippen molar-refractivity contribution >= 4 is 40.6 Å².